The van der Waals surface area contributed by atoms with E-state index in [2.05, 4.69) is 20.9 Å². The van der Waals surface area contributed by atoms with Crippen molar-refractivity contribution in [3.63, 3.8) is 0 Å². The Morgan fingerprint density at radius 2 is 2.10 bits per heavy atom. The van der Waals surface area contributed by atoms with Crippen molar-refractivity contribution in [3.8, 4) is 0 Å². The van der Waals surface area contributed by atoms with Gasteiger partial charge in [0.15, 0.2) is 0 Å². The highest BCUT2D eigenvalue weighted by Gasteiger charge is 2.43. The smallest absolute Gasteiger partial charge is 0.299 e. The van der Waals surface area contributed by atoms with Crippen LogP contribution in [0.4, 0.5) is 13.2 Å². The molecule has 0 saturated heterocycles. The van der Waals surface area contributed by atoms with Crippen LogP contribution in [0.1, 0.15) is 31.2 Å². The molecule has 1 aliphatic rings. The molecule has 0 bridgehead atoms. The Balaban J connectivity index is 1.99. The summed E-state index contributed by atoms with van der Waals surface area (Å²) < 4.78 is 39.0. The molecule has 0 aromatic carbocycles. The Hall–Kier alpha value is -0.910. The van der Waals surface area contributed by atoms with Gasteiger partial charge in [-0.3, -0.25) is 9.78 Å². The topological polar surface area (TPSA) is 30.0 Å². The van der Waals surface area contributed by atoms with E-state index in [1.807, 2.05) is 0 Å². The maximum Gasteiger partial charge on any atom is 0.391 e. The molecular weight excluding hydrogens is 335 g/mol. The summed E-state index contributed by atoms with van der Waals surface area (Å²) in [7, 11) is 0. The molecule has 0 N–H and O–H groups in total. The fourth-order valence-corrected chi connectivity index (χ4v) is 3.09. The molecule has 1 aromatic rings. The van der Waals surface area contributed by atoms with Crippen molar-refractivity contribution in [2.75, 3.05) is 0 Å². The second-order valence-corrected chi connectivity index (χ2v) is 6.17. The third-order valence-electron chi connectivity index (χ3n) is 3.73. The summed E-state index contributed by atoms with van der Waals surface area (Å²) in [6.45, 7) is 0. The fourth-order valence-electron chi connectivity index (χ4n) is 2.68. The summed E-state index contributed by atoms with van der Waals surface area (Å²) in [6.07, 6.45) is 0.263. The molecule has 20 heavy (non-hydrogen) atoms. The van der Waals surface area contributed by atoms with Gasteiger partial charge in [-0.15, -0.1) is 0 Å². The van der Waals surface area contributed by atoms with Crippen molar-refractivity contribution in [2.45, 2.75) is 38.3 Å². The molecule has 1 saturated carbocycles. The van der Waals surface area contributed by atoms with Crippen LogP contribution in [0.3, 0.4) is 0 Å². The largest absolute Gasteiger partial charge is 0.391 e. The first-order chi connectivity index (χ1) is 9.36. The molecule has 0 spiro atoms. The van der Waals surface area contributed by atoms with Gasteiger partial charge in [0.05, 0.1) is 5.92 Å². The molecule has 2 unspecified atom stereocenters. The van der Waals surface area contributed by atoms with E-state index in [0.29, 0.717) is 12.8 Å². The summed E-state index contributed by atoms with van der Waals surface area (Å²) in [5.41, 5.74) is 0.735. The Bertz CT molecular complexity index is 490. The van der Waals surface area contributed by atoms with Crippen LogP contribution in [0.5, 0.6) is 0 Å². The van der Waals surface area contributed by atoms with Crippen LogP contribution in [0.15, 0.2) is 22.9 Å². The standard InChI is InChI=1S/C14H15BrF3NO/c15-12-4-9(7-19-8-12)5-13(20)10-2-1-3-11(6-10)14(16,17)18/h4,7-8,10-11H,1-3,5-6H2. The van der Waals surface area contributed by atoms with Gasteiger partial charge in [-0.25, -0.2) is 0 Å². The average Bonchev–Trinajstić information content (AvgIpc) is 2.38. The lowest BCUT2D eigenvalue weighted by Crippen LogP contribution is -2.32. The monoisotopic (exact) mass is 349 g/mol. The van der Waals surface area contributed by atoms with Crippen molar-refractivity contribution in [2.24, 2.45) is 11.8 Å². The number of nitrogens with zero attached hydrogens (tertiary/aromatic N) is 1. The number of Topliss-reactive ketones (excluding diaryl/α,β-unsaturated/α-hetero) is 1. The zero-order valence-corrected chi connectivity index (χ0v) is 12.4. The van der Waals surface area contributed by atoms with Gasteiger partial charge in [-0.05, 0) is 46.8 Å². The lowest BCUT2D eigenvalue weighted by Gasteiger charge is -2.29. The second-order valence-electron chi connectivity index (χ2n) is 5.26. The van der Waals surface area contributed by atoms with Crippen molar-refractivity contribution in [1.29, 1.82) is 0 Å². The van der Waals surface area contributed by atoms with Gasteiger partial charge in [0.1, 0.15) is 5.78 Å². The number of aromatic nitrogens is 1. The normalized spacial score (nSPS) is 23.6. The van der Waals surface area contributed by atoms with Crippen molar-refractivity contribution in [3.05, 3.63) is 28.5 Å². The van der Waals surface area contributed by atoms with E-state index in [0.717, 1.165) is 10.0 Å². The highest BCUT2D eigenvalue weighted by molar-refractivity contribution is 9.10. The van der Waals surface area contributed by atoms with Gasteiger partial charge >= 0.3 is 6.18 Å². The number of hydrogen-bond acceptors (Lipinski definition) is 2. The van der Waals surface area contributed by atoms with Gasteiger partial charge in [0.25, 0.3) is 0 Å². The van der Waals surface area contributed by atoms with Crippen molar-refractivity contribution in [1.82, 2.24) is 4.98 Å². The molecule has 1 aliphatic carbocycles. The van der Waals surface area contributed by atoms with E-state index in [9.17, 15) is 18.0 Å². The number of alkyl halides is 3. The van der Waals surface area contributed by atoms with Crippen LogP contribution in [0.25, 0.3) is 0 Å². The Kier molecular flexibility index (Phi) is 4.83. The number of carbonyl (C=O) groups excluding carboxylic acids is 1. The van der Waals surface area contributed by atoms with Crippen LogP contribution in [0, 0.1) is 11.8 Å². The average molecular weight is 350 g/mol. The molecule has 0 amide bonds. The first-order valence-electron chi connectivity index (χ1n) is 6.55. The third kappa shape index (κ3) is 4.04. The molecular formula is C14H15BrF3NO. The number of hydrogen-bond donors (Lipinski definition) is 0. The zero-order valence-electron chi connectivity index (χ0n) is 10.8. The molecule has 2 atom stereocenters. The number of carbonyl (C=O) groups is 1. The molecule has 6 heteroatoms. The fraction of sp³-hybridized carbons (Fsp3) is 0.571. The first-order valence-corrected chi connectivity index (χ1v) is 7.34. The molecule has 2 nitrogen and oxygen atoms in total. The van der Waals surface area contributed by atoms with E-state index < -0.39 is 18.0 Å². The van der Waals surface area contributed by atoms with Crippen LogP contribution in [-0.4, -0.2) is 16.9 Å². The van der Waals surface area contributed by atoms with Crippen LogP contribution >= 0.6 is 15.9 Å². The highest BCUT2D eigenvalue weighted by atomic mass is 79.9. The van der Waals surface area contributed by atoms with E-state index in [-0.39, 0.29) is 25.0 Å². The van der Waals surface area contributed by atoms with E-state index in [1.165, 1.54) is 0 Å². The Morgan fingerprint density at radius 3 is 2.75 bits per heavy atom. The summed E-state index contributed by atoms with van der Waals surface area (Å²) >= 11 is 3.26. The van der Waals surface area contributed by atoms with Crippen LogP contribution in [-0.2, 0) is 11.2 Å². The lowest BCUT2D eigenvalue weighted by molar-refractivity contribution is -0.186. The number of rotatable bonds is 3. The van der Waals surface area contributed by atoms with E-state index in [1.54, 1.807) is 18.5 Å². The van der Waals surface area contributed by atoms with Crippen molar-refractivity contribution >= 4 is 21.7 Å². The predicted molar refractivity (Wildman–Crippen MR) is 72.2 cm³/mol. The van der Waals surface area contributed by atoms with Crippen LogP contribution in [0.2, 0.25) is 0 Å². The Morgan fingerprint density at radius 1 is 1.35 bits per heavy atom. The van der Waals surface area contributed by atoms with Gasteiger partial charge in [0, 0.05) is 29.2 Å². The van der Waals surface area contributed by atoms with Crippen molar-refractivity contribution < 1.29 is 18.0 Å². The summed E-state index contributed by atoms with van der Waals surface area (Å²) in [6, 6.07) is 1.77. The SMILES string of the molecule is O=C(Cc1cncc(Br)c1)C1CCCC(C(F)(F)F)C1. The second kappa shape index (κ2) is 6.24. The number of halogens is 4. The summed E-state index contributed by atoms with van der Waals surface area (Å²) in [5.74, 6) is -1.92. The lowest BCUT2D eigenvalue weighted by atomic mass is 9.78. The van der Waals surface area contributed by atoms with Crippen LogP contribution < -0.4 is 0 Å². The van der Waals surface area contributed by atoms with Gasteiger partial charge in [-0.2, -0.15) is 13.2 Å². The minimum absolute atomic E-state index is 0.0657. The maximum atomic E-state index is 12.7. The van der Waals surface area contributed by atoms with Gasteiger partial charge < -0.3 is 0 Å². The molecule has 1 aromatic heterocycles. The minimum atomic E-state index is -4.18. The van der Waals surface area contributed by atoms with E-state index >= 15 is 0 Å². The molecule has 0 aliphatic heterocycles. The quantitative estimate of drug-likeness (QED) is 0.813. The molecule has 1 fully saturated rings. The molecule has 1 heterocycles. The molecule has 110 valence electrons. The first kappa shape index (κ1) is 15.5. The molecule has 2 rings (SSSR count). The summed E-state index contributed by atoms with van der Waals surface area (Å²) in [4.78, 5) is 16.1. The molecule has 0 radical (unpaired) electrons. The predicted octanol–water partition coefficient (Wildman–Crippen LogP) is 4.32. The number of ketones is 1. The Labute approximate surface area is 123 Å². The zero-order chi connectivity index (χ0) is 14.8. The third-order valence-corrected chi connectivity index (χ3v) is 4.17. The number of pyridine rings is 1. The maximum absolute atomic E-state index is 12.7. The highest BCUT2D eigenvalue weighted by Crippen LogP contribution is 2.40. The van der Waals surface area contributed by atoms with Gasteiger partial charge in [0.2, 0.25) is 0 Å². The van der Waals surface area contributed by atoms with E-state index in [4.69, 9.17) is 0 Å². The summed E-state index contributed by atoms with van der Waals surface area (Å²) in [5, 5.41) is 0. The minimum Gasteiger partial charge on any atom is -0.299 e. The van der Waals surface area contributed by atoms with Gasteiger partial charge in [-0.1, -0.05) is 6.42 Å².